The summed E-state index contributed by atoms with van der Waals surface area (Å²) in [6.07, 6.45) is 1.33. The second-order valence-corrected chi connectivity index (χ2v) is 6.78. The smallest absolute Gasteiger partial charge is 0.325 e. The molecule has 3 aromatic rings. The summed E-state index contributed by atoms with van der Waals surface area (Å²) in [5, 5.41) is 3.30. The van der Waals surface area contributed by atoms with Gasteiger partial charge in [0.25, 0.3) is 11.5 Å². The maximum atomic E-state index is 13.2. The molecule has 1 aliphatic heterocycles. The first-order valence-electron chi connectivity index (χ1n) is 9.63. The Hall–Kier alpha value is -3.98. The quantitative estimate of drug-likeness (QED) is 0.506. The number of ether oxygens (including phenoxy) is 1. The summed E-state index contributed by atoms with van der Waals surface area (Å²) in [7, 11) is 1.52. The molecule has 0 saturated carbocycles. The highest BCUT2D eigenvalue weighted by Crippen LogP contribution is 2.22. The maximum Gasteiger partial charge on any atom is 0.325 e. The number of nitrogens with two attached hydrogens (primary N) is 1. The average molecular weight is 423 g/mol. The maximum absolute atomic E-state index is 13.2. The van der Waals surface area contributed by atoms with Crippen LogP contribution in [-0.2, 0) is 13.6 Å². The Balaban J connectivity index is 1.81. The number of hydrogen-bond donors (Lipinski definition) is 2. The summed E-state index contributed by atoms with van der Waals surface area (Å²) in [5.74, 6) is 5.77. The van der Waals surface area contributed by atoms with Crippen molar-refractivity contribution in [2.45, 2.75) is 13.5 Å². The monoisotopic (exact) mass is 423 g/mol. The molecule has 0 aliphatic carbocycles. The molecule has 1 fully saturated rings. The van der Waals surface area contributed by atoms with Crippen LogP contribution in [0, 0.1) is 11.8 Å². The van der Waals surface area contributed by atoms with Gasteiger partial charge < -0.3 is 20.7 Å². The average Bonchev–Trinajstić information content (AvgIpc) is 3.15. The molecule has 1 amide bonds. The number of anilines is 1. The second-order valence-electron chi connectivity index (χ2n) is 6.78. The molecule has 1 aliphatic rings. The number of rotatable bonds is 5. The molecule has 12 nitrogen and oxygen atoms in total. The van der Waals surface area contributed by atoms with Gasteiger partial charge in [-0.1, -0.05) is 5.92 Å². The zero-order valence-electron chi connectivity index (χ0n) is 17.1. The Morgan fingerprint density at radius 3 is 2.77 bits per heavy atom. The minimum atomic E-state index is -0.721. The van der Waals surface area contributed by atoms with E-state index in [0.29, 0.717) is 18.0 Å². The van der Waals surface area contributed by atoms with E-state index < -0.39 is 5.91 Å². The van der Waals surface area contributed by atoms with Crippen LogP contribution in [0.2, 0.25) is 0 Å². The van der Waals surface area contributed by atoms with Crippen molar-refractivity contribution in [2.75, 3.05) is 31.1 Å². The van der Waals surface area contributed by atoms with E-state index in [1.165, 1.54) is 23.9 Å². The Morgan fingerprint density at radius 1 is 1.29 bits per heavy atom. The molecule has 3 aromatic heterocycles. The Bertz CT molecular complexity index is 1260. The van der Waals surface area contributed by atoms with Crippen molar-refractivity contribution in [3.63, 3.8) is 0 Å². The molecule has 0 radical (unpaired) electrons. The molecule has 160 valence electrons. The minimum Gasteiger partial charge on any atom is -0.390 e. The fraction of sp³-hybridized carbons (Fsp3) is 0.368. The highest BCUT2D eigenvalue weighted by atomic mass is 16.5. The summed E-state index contributed by atoms with van der Waals surface area (Å²) < 4.78 is 8.60. The first kappa shape index (κ1) is 20.3. The summed E-state index contributed by atoms with van der Waals surface area (Å²) in [5.41, 5.74) is 5.45. The number of nitrogens with zero attached hydrogens (tertiary/aromatic N) is 7. The predicted molar refractivity (Wildman–Crippen MR) is 112 cm³/mol. The Morgan fingerprint density at radius 2 is 2.06 bits per heavy atom. The van der Waals surface area contributed by atoms with Crippen molar-refractivity contribution in [2.24, 2.45) is 12.8 Å². The summed E-state index contributed by atoms with van der Waals surface area (Å²) in [4.78, 5) is 43.5. The van der Waals surface area contributed by atoms with Crippen LogP contribution in [0.1, 0.15) is 17.4 Å². The van der Waals surface area contributed by atoms with E-state index in [0.717, 1.165) is 26.2 Å². The van der Waals surface area contributed by atoms with Gasteiger partial charge in [-0.15, -0.1) is 5.92 Å². The topological polar surface area (TPSA) is 146 Å². The van der Waals surface area contributed by atoms with Gasteiger partial charge in [-0.2, -0.15) is 15.0 Å². The zero-order valence-corrected chi connectivity index (χ0v) is 17.1. The number of fused-ring (bicyclic) bond motifs is 1. The first-order chi connectivity index (χ1) is 15.0. The van der Waals surface area contributed by atoms with Crippen molar-refractivity contribution in [1.29, 1.82) is 0 Å². The zero-order chi connectivity index (χ0) is 22.0. The Kier molecular flexibility index (Phi) is 5.50. The third-order valence-corrected chi connectivity index (χ3v) is 4.81. The van der Waals surface area contributed by atoms with E-state index in [9.17, 15) is 9.59 Å². The minimum absolute atomic E-state index is 0.0144. The van der Waals surface area contributed by atoms with Crippen LogP contribution in [0.3, 0.4) is 0 Å². The van der Waals surface area contributed by atoms with Crippen LogP contribution in [-0.4, -0.2) is 61.2 Å². The van der Waals surface area contributed by atoms with Gasteiger partial charge in [0.15, 0.2) is 11.2 Å². The van der Waals surface area contributed by atoms with Gasteiger partial charge in [0.2, 0.25) is 5.95 Å². The third-order valence-electron chi connectivity index (χ3n) is 4.81. The van der Waals surface area contributed by atoms with Gasteiger partial charge in [0.05, 0.1) is 6.54 Å². The van der Waals surface area contributed by atoms with Gasteiger partial charge in [0.1, 0.15) is 5.69 Å². The summed E-state index contributed by atoms with van der Waals surface area (Å²) in [6.45, 7) is 5.19. The lowest BCUT2D eigenvalue weighted by molar-refractivity contribution is 0.0994. The largest absolute Gasteiger partial charge is 0.390 e. The molecule has 0 bridgehead atoms. The lowest BCUT2D eigenvalue weighted by Crippen LogP contribution is -2.44. The van der Waals surface area contributed by atoms with Gasteiger partial charge in [-0.25, -0.2) is 4.98 Å². The standard InChI is InChI=1S/C19H21N9O3/c1-3-4-9-28-13-15(24-18(28)27-10-7-21-8-11-27)25-19(26(2)16(13)30)31-17-22-6-5-12(23-17)14(20)29/h5-6,21H,7-11H2,1-2H3,(H2,20,29). The van der Waals surface area contributed by atoms with E-state index >= 15 is 0 Å². The van der Waals surface area contributed by atoms with Gasteiger partial charge in [-0.05, 0) is 13.0 Å². The van der Waals surface area contributed by atoms with Crippen LogP contribution >= 0.6 is 0 Å². The predicted octanol–water partition coefficient (Wildman–Crippen LogP) is -0.756. The van der Waals surface area contributed by atoms with Crippen molar-refractivity contribution in [3.8, 4) is 23.9 Å². The van der Waals surface area contributed by atoms with Crippen molar-refractivity contribution in [3.05, 3.63) is 28.3 Å². The van der Waals surface area contributed by atoms with Crippen molar-refractivity contribution in [1.82, 2.24) is 34.4 Å². The fourth-order valence-corrected chi connectivity index (χ4v) is 3.24. The lowest BCUT2D eigenvalue weighted by atomic mass is 10.4. The normalized spacial score (nSPS) is 13.7. The number of imidazole rings is 1. The molecule has 4 heterocycles. The van der Waals surface area contributed by atoms with Crippen LogP contribution in [0.15, 0.2) is 17.1 Å². The fourth-order valence-electron chi connectivity index (χ4n) is 3.24. The third kappa shape index (κ3) is 3.90. The SMILES string of the molecule is CC#CCn1c(N2CCNCC2)nc2nc(Oc3nccc(C(N)=O)n3)n(C)c(=O)c21. The molecule has 3 N–H and O–H groups in total. The second kappa shape index (κ2) is 8.41. The van der Waals surface area contributed by atoms with Gasteiger partial charge in [-0.3, -0.25) is 18.7 Å². The number of aromatic nitrogens is 6. The number of amides is 1. The summed E-state index contributed by atoms with van der Waals surface area (Å²) in [6, 6.07) is 1.15. The van der Waals surface area contributed by atoms with Crippen LogP contribution in [0.4, 0.5) is 5.95 Å². The number of nitrogens with one attached hydrogen (secondary N) is 1. The molecular weight excluding hydrogens is 402 g/mol. The molecule has 0 aromatic carbocycles. The Labute approximate surface area is 177 Å². The van der Waals surface area contributed by atoms with Crippen LogP contribution < -0.4 is 26.2 Å². The number of hydrogen-bond acceptors (Lipinski definition) is 9. The number of carbonyl (C=O) groups is 1. The molecule has 1 saturated heterocycles. The van der Waals surface area contributed by atoms with E-state index in [1.54, 1.807) is 11.5 Å². The van der Waals surface area contributed by atoms with Gasteiger partial charge in [0, 0.05) is 39.4 Å². The molecule has 0 atom stereocenters. The van der Waals surface area contributed by atoms with Crippen molar-refractivity contribution >= 4 is 23.0 Å². The summed E-state index contributed by atoms with van der Waals surface area (Å²) >= 11 is 0. The van der Waals surface area contributed by atoms with Gasteiger partial charge >= 0.3 is 12.0 Å². The molecule has 0 spiro atoms. The number of piperazine rings is 1. The van der Waals surface area contributed by atoms with E-state index in [1.807, 2.05) is 0 Å². The van der Waals surface area contributed by atoms with E-state index in [-0.39, 0.29) is 28.9 Å². The van der Waals surface area contributed by atoms with E-state index in [4.69, 9.17) is 10.5 Å². The molecule has 4 rings (SSSR count). The molecule has 12 heteroatoms. The number of carbonyl (C=O) groups excluding carboxylic acids is 1. The first-order valence-corrected chi connectivity index (χ1v) is 9.63. The highest BCUT2D eigenvalue weighted by molar-refractivity contribution is 5.90. The van der Waals surface area contributed by atoms with Crippen LogP contribution in [0.25, 0.3) is 11.2 Å². The molecule has 0 unspecified atom stereocenters. The number of primary amides is 1. The van der Waals surface area contributed by atoms with Crippen LogP contribution in [0.5, 0.6) is 12.0 Å². The molecular formula is C19H21N9O3. The molecule has 31 heavy (non-hydrogen) atoms. The highest BCUT2D eigenvalue weighted by Gasteiger charge is 2.23. The lowest BCUT2D eigenvalue weighted by Gasteiger charge is -2.28. The van der Waals surface area contributed by atoms with E-state index in [2.05, 4.69) is 42.0 Å². The van der Waals surface area contributed by atoms with Crippen molar-refractivity contribution < 1.29 is 9.53 Å².